The van der Waals surface area contributed by atoms with Crippen LogP contribution in [-0.2, 0) is 13.1 Å². The predicted molar refractivity (Wildman–Crippen MR) is 108 cm³/mol. The van der Waals surface area contributed by atoms with Crippen LogP contribution in [0.5, 0.6) is 0 Å². The van der Waals surface area contributed by atoms with Gasteiger partial charge in [0.2, 0.25) is 0 Å². The minimum atomic E-state index is 0.0668. The van der Waals surface area contributed by atoms with Crippen LogP contribution in [0.2, 0.25) is 0 Å². The molecule has 0 amide bonds. The van der Waals surface area contributed by atoms with Crippen molar-refractivity contribution in [1.29, 1.82) is 5.26 Å². The maximum absolute atomic E-state index is 13.2. The van der Waals surface area contributed by atoms with Crippen LogP contribution in [0.25, 0.3) is 11.1 Å². The number of nitriles is 1. The number of nitrogens with one attached hydrogen (secondary N) is 1. The van der Waals surface area contributed by atoms with E-state index in [0.29, 0.717) is 23.0 Å². The summed E-state index contributed by atoms with van der Waals surface area (Å²) in [5, 5.41) is 9.14. The monoisotopic (exact) mass is 384 g/mol. The fourth-order valence-electron chi connectivity index (χ4n) is 5.01. The number of fused-ring (bicyclic) bond motifs is 4. The van der Waals surface area contributed by atoms with Gasteiger partial charge in [-0.2, -0.15) is 5.26 Å². The van der Waals surface area contributed by atoms with E-state index in [1.54, 1.807) is 12.4 Å². The molecule has 2 aliphatic heterocycles. The summed E-state index contributed by atoms with van der Waals surface area (Å²) in [5.41, 5.74) is 4.58. The molecule has 3 atom stereocenters. The summed E-state index contributed by atoms with van der Waals surface area (Å²) in [6.07, 6.45) is 6.02. The molecule has 0 saturated carbocycles. The van der Waals surface area contributed by atoms with E-state index in [4.69, 9.17) is 5.26 Å². The molecule has 4 heterocycles. The smallest absolute Gasteiger partial charge is 0.258 e. The number of likely N-dealkylation sites (tertiary alicyclic amines) is 1. The Labute approximate surface area is 169 Å². The molecule has 2 aromatic heterocycles. The quantitative estimate of drug-likeness (QED) is 0.740. The average molecular weight is 384 g/mol. The fraction of sp³-hybridized carbons (Fsp3) is 0.304. The fourth-order valence-corrected chi connectivity index (χ4v) is 5.01. The van der Waals surface area contributed by atoms with Gasteiger partial charge >= 0.3 is 0 Å². The normalized spacial score (nSPS) is 22.5. The van der Waals surface area contributed by atoms with Crippen LogP contribution in [0.4, 0.5) is 0 Å². The number of pyridine rings is 1. The summed E-state index contributed by atoms with van der Waals surface area (Å²) in [4.78, 5) is 22.8. The third-order valence-electron chi connectivity index (χ3n) is 6.18. The first-order valence-electron chi connectivity index (χ1n) is 10.0. The Morgan fingerprint density at radius 3 is 2.86 bits per heavy atom. The first-order chi connectivity index (χ1) is 14.2. The lowest BCUT2D eigenvalue weighted by Crippen LogP contribution is -3.13. The second-order valence-corrected chi connectivity index (χ2v) is 8.16. The molecule has 0 aliphatic carbocycles. The van der Waals surface area contributed by atoms with Gasteiger partial charge in [0.25, 0.3) is 5.56 Å². The second-order valence-electron chi connectivity index (χ2n) is 8.16. The average Bonchev–Trinajstić information content (AvgIpc) is 2.75. The van der Waals surface area contributed by atoms with Gasteiger partial charge in [-0.15, -0.1) is 0 Å². The number of piperidine rings is 1. The molecule has 144 valence electrons. The Hall–Kier alpha value is -3.30. The first kappa shape index (κ1) is 17.8. The van der Waals surface area contributed by atoms with Crippen LogP contribution in [0.1, 0.15) is 29.2 Å². The molecule has 2 bridgehead atoms. The minimum Gasteiger partial charge on any atom is -0.330 e. The molecule has 2 aliphatic rings. The van der Waals surface area contributed by atoms with Crippen molar-refractivity contribution in [3.8, 4) is 17.2 Å². The minimum absolute atomic E-state index is 0.0668. The SMILES string of the molecule is N#Cc1cccc(C[NH+]2C[C@@H]3C[C@H](C2)c2ccc(-c4cncnc4)c(=O)n2C3)c1. The predicted octanol–water partition coefficient (Wildman–Crippen LogP) is 1.38. The van der Waals surface area contributed by atoms with Gasteiger partial charge < -0.3 is 9.47 Å². The van der Waals surface area contributed by atoms with E-state index in [2.05, 4.69) is 28.2 Å². The molecule has 0 radical (unpaired) electrons. The lowest BCUT2D eigenvalue weighted by atomic mass is 9.82. The van der Waals surface area contributed by atoms with Crippen molar-refractivity contribution in [1.82, 2.24) is 14.5 Å². The molecule has 6 heteroatoms. The molecule has 6 nitrogen and oxygen atoms in total. The molecule has 1 fully saturated rings. The lowest BCUT2D eigenvalue weighted by molar-refractivity contribution is -0.924. The van der Waals surface area contributed by atoms with E-state index >= 15 is 0 Å². The molecule has 1 N–H and O–H groups in total. The van der Waals surface area contributed by atoms with Crippen LogP contribution in [0.3, 0.4) is 0 Å². The van der Waals surface area contributed by atoms with Gasteiger partial charge in [0.1, 0.15) is 12.9 Å². The van der Waals surface area contributed by atoms with Gasteiger partial charge in [0.15, 0.2) is 0 Å². The van der Waals surface area contributed by atoms with Gasteiger partial charge in [-0.05, 0) is 30.7 Å². The molecule has 1 unspecified atom stereocenters. The van der Waals surface area contributed by atoms with Crippen LogP contribution in [0.15, 0.2) is 59.9 Å². The number of nitrogens with zero attached hydrogens (tertiary/aromatic N) is 4. The molecule has 1 aromatic carbocycles. The maximum Gasteiger partial charge on any atom is 0.258 e. The van der Waals surface area contributed by atoms with Gasteiger partial charge in [-0.3, -0.25) is 4.79 Å². The Morgan fingerprint density at radius 2 is 2.03 bits per heavy atom. The number of rotatable bonds is 3. The number of benzene rings is 1. The lowest BCUT2D eigenvalue weighted by Gasteiger charge is -2.40. The number of quaternary nitrogens is 1. The van der Waals surface area contributed by atoms with Crippen LogP contribution < -0.4 is 10.5 Å². The summed E-state index contributed by atoms with van der Waals surface area (Å²) in [6, 6.07) is 14.2. The van der Waals surface area contributed by atoms with Crippen molar-refractivity contribution < 1.29 is 4.90 Å². The highest BCUT2D eigenvalue weighted by Crippen LogP contribution is 2.31. The van der Waals surface area contributed by atoms with Gasteiger partial charge in [0.05, 0.1) is 30.3 Å². The third-order valence-corrected chi connectivity index (χ3v) is 6.18. The van der Waals surface area contributed by atoms with Gasteiger partial charge in [0, 0.05) is 47.6 Å². The van der Waals surface area contributed by atoms with Gasteiger partial charge in [-0.25, -0.2) is 9.97 Å². The molecular weight excluding hydrogens is 362 g/mol. The molecule has 3 aromatic rings. The Kier molecular flexibility index (Phi) is 4.45. The second kappa shape index (κ2) is 7.26. The number of hydrogen-bond acceptors (Lipinski definition) is 4. The zero-order valence-corrected chi connectivity index (χ0v) is 16.1. The van der Waals surface area contributed by atoms with E-state index in [0.717, 1.165) is 43.9 Å². The van der Waals surface area contributed by atoms with E-state index in [1.165, 1.54) is 16.8 Å². The van der Waals surface area contributed by atoms with E-state index in [1.807, 2.05) is 28.8 Å². The van der Waals surface area contributed by atoms with Crippen molar-refractivity contribution in [2.24, 2.45) is 5.92 Å². The van der Waals surface area contributed by atoms with Crippen LogP contribution in [-0.4, -0.2) is 27.6 Å². The Bertz CT molecular complexity index is 1150. The Balaban J connectivity index is 1.42. The van der Waals surface area contributed by atoms with Crippen molar-refractivity contribution >= 4 is 0 Å². The molecular formula is C23H22N5O+. The van der Waals surface area contributed by atoms with Crippen LogP contribution >= 0.6 is 0 Å². The third kappa shape index (κ3) is 3.34. The van der Waals surface area contributed by atoms with Crippen molar-refractivity contribution in [3.63, 3.8) is 0 Å². The van der Waals surface area contributed by atoms with E-state index in [-0.39, 0.29) is 5.56 Å². The zero-order chi connectivity index (χ0) is 19.8. The maximum atomic E-state index is 13.2. The summed E-state index contributed by atoms with van der Waals surface area (Å²) in [7, 11) is 0. The summed E-state index contributed by atoms with van der Waals surface area (Å²) < 4.78 is 1.98. The van der Waals surface area contributed by atoms with Crippen molar-refractivity contribution in [3.05, 3.63) is 82.3 Å². The number of hydrogen-bond donors (Lipinski definition) is 1. The largest absolute Gasteiger partial charge is 0.330 e. The molecule has 1 saturated heterocycles. The summed E-state index contributed by atoms with van der Waals surface area (Å²) in [5.74, 6) is 0.890. The number of aromatic nitrogens is 3. The van der Waals surface area contributed by atoms with E-state index in [9.17, 15) is 4.79 Å². The zero-order valence-electron chi connectivity index (χ0n) is 16.1. The van der Waals surface area contributed by atoms with Crippen LogP contribution in [0, 0.1) is 17.2 Å². The molecule has 29 heavy (non-hydrogen) atoms. The van der Waals surface area contributed by atoms with E-state index < -0.39 is 0 Å². The highest BCUT2D eigenvalue weighted by atomic mass is 16.1. The van der Waals surface area contributed by atoms with Gasteiger partial charge in [-0.1, -0.05) is 12.1 Å². The van der Waals surface area contributed by atoms with Crippen molar-refractivity contribution in [2.45, 2.75) is 25.4 Å². The summed E-state index contributed by atoms with van der Waals surface area (Å²) in [6.45, 7) is 3.76. The standard InChI is InChI=1S/C23H21N5O/c24-8-16-2-1-3-17(6-16)11-27-12-18-7-19(14-27)22-5-4-21(23(29)28(22)13-18)20-9-25-15-26-10-20/h1-6,9-10,15,18-19H,7,11-14H2/p+1/t18-,19+/m0/s1. The Morgan fingerprint density at radius 1 is 1.17 bits per heavy atom. The highest BCUT2D eigenvalue weighted by molar-refractivity contribution is 5.60. The van der Waals surface area contributed by atoms with Crippen molar-refractivity contribution in [2.75, 3.05) is 13.1 Å². The summed E-state index contributed by atoms with van der Waals surface area (Å²) >= 11 is 0. The topological polar surface area (TPSA) is 76.0 Å². The highest BCUT2D eigenvalue weighted by Gasteiger charge is 2.37. The molecule has 5 rings (SSSR count). The molecule has 0 spiro atoms. The first-order valence-corrected chi connectivity index (χ1v) is 10.0.